The van der Waals surface area contributed by atoms with Crippen molar-refractivity contribution in [1.29, 1.82) is 0 Å². The van der Waals surface area contributed by atoms with Crippen molar-refractivity contribution in [2.45, 2.75) is 0 Å². The number of methoxy groups -OCH3 is 1. The lowest BCUT2D eigenvalue weighted by atomic mass is 10.2. The van der Waals surface area contributed by atoms with Crippen LogP contribution in [0, 0.1) is 0 Å². The predicted molar refractivity (Wildman–Crippen MR) is 122 cm³/mol. The average Bonchev–Trinajstić information content (AvgIpc) is 3.13. The molecule has 0 radical (unpaired) electrons. The van der Waals surface area contributed by atoms with E-state index in [1.165, 1.54) is 0 Å². The number of phenolic OH excluding ortho intramolecular Hbond substituents is 1. The monoisotopic (exact) mass is 534 g/mol. The van der Waals surface area contributed by atoms with E-state index in [-0.39, 0.29) is 5.75 Å². The number of ether oxygens (including phenoxy) is 1. The molecule has 8 heteroatoms. The van der Waals surface area contributed by atoms with Gasteiger partial charge in [-0.2, -0.15) is 0 Å². The molecule has 0 saturated heterocycles. The maximum absolute atomic E-state index is 10.1. The number of aromatic nitrogens is 1. The standard InChI is InChI=1S/C21H13Br2ClN2O3/c1-28-18-4-2-11(7-15(18)22)21-26-17-9-14(3-5-19(17)29-21)25-10-12-6-13(24)8-16(23)20(12)27/h2-10,27H,1H3. The summed E-state index contributed by atoms with van der Waals surface area (Å²) in [6.45, 7) is 0. The number of oxazole rings is 1. The fraction of sp³-hybridized carbons (Fsp3) is 0.0476. The molecule has 1 heterocycles. The van der Waals surface area contributed by atoms with Crippen molar-refractivity contribution in [2.75, 3.05) is 7.11 Å². The maximum Gasteiger partial charge on any atom is 0.227 e. The predicted octanol–water partition coefficient (Wildman–Crippen LogP) is 7.14. The zero-order valence-corrected chi connectivity index (χ0v) is 18.9. The number of hydrogen-bond acceptors (Lipinski definition) is 5. The molecule has 0 saturated carbocycles. The van der Waals surface area contributed by atoms with Gasteiger partial charge in [0.1, 0.15) is 17.0 Å². The zero-order valence-electron chi connectivity index (χ0n) is 15.0. The Morgan fingerprint density at radius 2 is 1.93 bits per heavy atom. The number of rotatable bonds is 4. The summed E-state index contributed by atoms with van der Waals surface area (Å²) in [6, 6.07) is 14.3. The van der Waals surface area contributed by atoms with Gasteiger partial charge < -0.3 is 14.3 Å². The zero-order chi connectivity index (χ0) is 20.5. The molecule has 0 aliphatic carbocycles. The molecule has 5 nitrogen and oxygen atoms in total. The van der Waals surface area contributed by atoms with Gasteiger partial charge in [0.15, 0.2) is 5.58 Å². The number of nitrogens with zero attached hydrogens (tertiary/aromatic N) is 2. The highest BCUT2D eigenvalue weighted by Crippen LogP contribution is 2.33. The molecule has 4 rings (SSSR count). The molecule has 0 atom stereocenters. The van der Waals surface area contributed by atoms with Crippen LogP contribution in [0.15, 0.2) is 66.9 Å². The summed E-state index contributed by atoms with van der Waals surface area (Å²) in [6.07, 6.45) is 1.55. The van der Waals surface area contributed by atoms with E-state index < -0.39 is 0 Å². The minimum atomic E-state index is 0.0769. The Morgan fingerprint density at radius 3 is 2.69 bits per heavy atom. The van der Waals surface area contributed by atoms with Crippen LogP contribution in [0.5, 0.6) is 11.5 Å². The highest BCUT2D eigenvalue weighted by atomic mass is 79.9. The van der Waals surface area contributed by atoms with Gasteiger partial charge in [-0.05, 0) is 80.4 Å². The molecule has 0 amide bonds. The largest absolute Gasteiger partial charge is 0.506 e. The minimum Gasteiger partial charge on any atom is -0.506 e. The summed E-state index contributed by atoms with van der Waals surface area (Å²) in [5, 5.41) is 10.6. The molecule has 0 unspecified atom stereocenters. The Morgan fingerprint density at radius 1 is 1.10 bits per heavy atom. The van der Waals surface area contributed by atoms with Crippen LogP contribution in [0.3, 0.4) is 0 Å². The molecule has 0 bridgehead atoms. The molecule has 4 aromatic rings. The Hall–Kier alpha value is -2.35. The van der Waals surface area contributed by atoms with Gasteiger partial charge in [-0.15, -0.1) is 0 Å². The van der Waals surface area contributed by atoms with E-state index in [0.717, 1.165) is 15.8 Å². The van der Waals surface area contributed by atoms with Crippen LogP contribution >= 0.6 is 43.5 Å². The van der Waals surface area contributed by atoms with Gasteiger partial charge in [0.25, 0.3) is 0 Å². The molecule has 0 aliphatic rings. The summed E-state index contributed by atoms with van der Waals surface area (Å²) >= 11 is 12.8. The number of phenols is 1. The van der Waals surface area contributed by atoms with Crippen LogP contribution in [0.1, 0.15) is 5.56 Å². The van der Waals surface area contributed by atoms with Gasteiger partial charge in [0, 0.05) is 22.4 Å². The number of aromatic hydroxyl groups is 1. The summed E-state index contributed by atoms with van der Waals surface area (Å²) in [5.41, 5.74) is 3.34. The SMILES string of the molecule is COc1ccc(-c2nc3cc(N=Cc4cc(Cl)cc(Br)c4O)ccc3o2)cc1Br. The number of benzene rings is 3. The Kier molecular flexibility index (Phi) is 5.63. The first kappa shape index (κ1) is 19.9. The molecule has 3 aromatic carbocycles. The van der Waals surface area contributed by atoms with Crippen molar-refractivity contribution in [2.24, 2.45) is 4.99 Å². The van der Waals surface area contributed by atoms with E-state index in [1.807, 2.05) is 36.4 Å². The Bertz CT molecular complexity index is 1250. The second-order valence-corrected chi connectivity index (χ2v) is 8.25. The summed E-state index contributed by atoms with van der Waals surface area (Å²) < 4.78 is 12.4. The van der Waals surface area contributed by atoms with Crippen LogP contribution in [0.4, 0.5) is 5.69 Å². The first-order valence-electron chi connectivity index (χ1n) is 8.41. The molecule has 146 valence electrons. The first-order chi connectivity index (χ1) is 13.9. The number of halogens is 3. The smallest absolute Gasteiger partial charge is 0.227 e. The summed E-state index contributed by atoms with van der Waals surface area (Å²) in [7, 11) is 1.61. The van der Waals surface area contributed by atoms with E-state index >= 15 is 0 Å². The van der Waals surface area contributed by atoms with Crippen molar-refractivity contribution in [3.63, 3.8) is 0 Å². The van der Waals surface area contributed by atoms with E-state index in [2.05, 4.69) is 41.8 Å². The summed E-state index contributed by atoms with van der Waals surface area (Å²) in [5.74, 6) is 1.31. The van der Waals surface area contributed by atoms with Crippen molar-refractivity contribution >= 4 is 66.5 Å². The van der Waals surface area contributed by atoms with Gasteiger partial charge in [0.05, 0.1) is 21.7 Å². The molecule has 0 spiro atoms. The molecule has 0 fully saturated rings. The Labute approximate surface area is 188 Å². The third kappa shape index (κ3) is 4.17. The van der Waals surface area contributed by atoms with Crippen LogP contribution < -0.4 is 4.74 Å². The highest BCUT2D eigenvalue weighted by molar-refractivity contribution is 9.10. The van der Waals surface area contributed by atoms with Crippen molar-refractivity contribution in [3.05, 3.63) is 68.1 Å². The molecular weight excluding hydrogens is 524 g/mol. The average molecular weight is 537 g/mol. The molecule has 1 N–H and O–H groups in total. The van der Waals surface area contributed by atoms with Crippen molar-refractivity contribution in [3.8, 4) is 23.0 Å². The van der Waals surface area contributed by atoms with Crippen molar-refractivity contribution in [1.82, 2.24) is 4.98 Å². The quantitative estimate of drug-likeness (QED) is 0.282. The van der Waals surface area contributed by atoms with Crippen LogP contribution in [-0.2, 0) is 0 Å². The maximum atomic E-state index is 10.1. The van der Waals surface area contributed by atoms with Gasteiger partial charge in [-0.25, -0.2) is 4.98 Å². The lowest BCUT2D eigenvalue weighted by molar-refractivity contribution is 0.412. The lowest BCUT2D eigenvalue weighted by Crippen LogP contribution is -1.85. The second kappa shape index (κ2) is 8.18. The molecular formula is C21H13Br2ClN2O3. The lowest BCUT2D eigenvalue weighted by Gasteiger charge is -2.03. The van der Waals surface area contributed by atoms with Crippen LogP contribution in [0.25, 0.3) is 22.6 Å². The van der Waals surface area contributed by atoms with E-state index in [4.69, 9.17) is 20.8 Å². The topological polar surface area (TPSA) is 67.9 Å². The van der Waals surface area contributed by atoms with Gasteiger partial charge in [-0.3, -0.25) is 4.99 Å². The fourth-order valence-corrected chi connectivity index (χ4v) is 4.12. The van der Waals surface area contributed by atoms with E-state index in [9.17, 15) is 5.11 Å². The molecule has 29 heavy (non-hydrogen) atoms. The highest BCUT2D eigenvalue weighted by Gasteiger charge is 2.11. The minimum absolute atomic E-state index is 0.0769. The van der Waals surface area contributed by atoms with Crippen LogP contribution in [0.2, 0.25) is 5.02 Å². The van der Waals surface area contributed by atoms with Crippen molar-refractivity contribution < 1.29 is 14.3 Å². The number of hydrogen-bond donors (Lipinski definition) is 1. The van der Waals surface area contributed by atoms with Gasteiger partial charge in [-0.1, -0.05) is 11.6 Å². The number of fused-ring (bicyclic) bond motifs is 1. The third-order valence-electron chi connectivity index (χ3n) is 4.18. The normalized spacial score (nSPS) is 11.4. The second-order valence-electron chi connectivity index (χ2n) is 6.10. The van der Waals surface area contributed by atoms with E-state index in [0.29, 0.717) is 37.7 Å². The summed E-state index contributed by atoms with van der Waals surface area (Å²) in [4.78, 5) is 8.98. The van der Waals surface area contributed by atoms with E-state index in [1.54, 1.807) is 25.5 Å². The Balaban J connectivity index is 1.66. The van der Waals surface area contributed by atoms with Crippen LogP contribution in [-0.4, -0.2) is 23.4 Å². The fourth-order valence-electron chi connectivity index (χ4n) is 2.75. The van der Waals surface area contributed by atoms with Gasteiger partial charge >= 0.3 is 0 Å². The number of aliphatic imine (C=N–C) groups is 1. The third-order valence-corrected chi connectivity index (χ3v) is 5.62. The van der Waals surface area contributed by atoms with Gasteiger partial charge in [0.2, 0.25) is 5.89 Å². The first-order valence-corrected chi connectivity index (χ1v) is 10.4. The molecule has 0 aliphatic heterocycles. The molecule has 1 aromatic heterocycles.